The fourth-order valence-corrected chi connectivity index (χ4v) is 4.43. The normalized spacial score (nSPS) is 12.2. The molecule has 0 atom stereocenters. The number of carbonyl (C=O) groups excluding carboxylic acids is 2. The summed E-state index contributed by atoms with van der Waals surface area (Å²) in [4.78, 5) is 36.9. The largest absolute Gasteiger partial charge is 0.480 e. The number of rotatable bonds is 12. The Bertz CT molecular complexity index is 959. The Morgan fingerprint density at radius 2 is 1.59 bits per heavy atom. The van der Waals surface area contributed by atoms with Crippen molar-refractivity contribution in [3.05, 3.63) is 59.7 Å². The van der Waals surface area contributed by atoms with Crippen molar-refractivity contribution < 1.29 is 24.2 Å². The number of benzene rings is 2. The number of fused-ring (bicyclic) bond motifs is 3. The van der Waals surface area contributed by atoms with Crippen molar-refractivity contribution in [1.29, 1.82) is 0 Å². The van der Waals surface area contributed by atoms with Gasteiger partial charge in [-0.3, -0.25) is 9.59 Å². The molecule has 0 aromatic heterocycles. The van der Waals surface area contributed by atoms with Gasteiger partial charge in [0.15, 0.2) is 0 Å². The lowest BCUT2D eigenvalue weighted by Gasteiger charge is -2.22. The smallest absolute Gasteiger partial charge is 0.407 e. The number of hydrogen-bond donors (Lipinski definition) is 2. The number of hydrogen-bond acceptors (Lipinski definition) is 4. The van der Waals surface area contributed by atoms with Crippen LogP contribution >= 0.6 is 0 Å². The van der Waals surface area contributed by atoms with Crippen LogP contribution in [0, 0.1) is 5.92 Å². The van der Waals surface area contributed by atoms with Gasteiger partial charge in [-0.2, -0.15) is 0 Å². The Balaban J connectivity index is 1.36. The van der Waals surface area contributed by atoms with Crippen LogP contribution in [-0.2, 0) is 14.3 Å². The number of aliphatic carboxylic acids is 1. The number of amides is 2. The van der Waals surface area contributed by atoms with Crippen LogP contribution in [0.2, 0.25) is 0 Å². The monoisotopic (exact) mass is 466 g/mol. The minimum atomic E-state index is -0.999. The highest BCUT2D eigenvalue weighted by molar-refractivity contribution is 5.81. The molecule has 0 radical (unpaired) electrons. The lowest BCUT2D eigenvalue weighted by Crippen LogP contribution is -2.38. The molecule has 2 aromatic carbocycles. The molecule has 1 aliphatic carbocycles. The highest BCUT2D eigenvalue weighted by Gasteiger charge is 2.28. The first kappa shape index (κ1) is 25.3. The molecule has 1 aliphatic rings. The molecule has 0 heterocycles. The zero-order valence-electron chi connectivity index (χ0n) is 20.0. The standard InChI is InChI=1S/C27H34N2O5/c1-19(2)16-29(17-26(31)32)25(30)14-4-3-9-15-28-27(33)34-18-24-22-12-7-5-10-20(22)21-11-6-8-13-23(21)24/h5-8,10-13,19,24H,3-4,9,14-18H2,1-2H3,(H,28,33)(H,31,32). The van der Waals surface area contributed by atoms with Gasteiger partial charge in [-0.25, -0.2) is 4.79 Å². The van der Waals surface area contributed by atoms with Gasteiger partial charge in [0.1, 0.15) is 13.2 Å². The Labute approximate surface area is 201 Å². The lowest BCUT2D eigenvalue weighted by molar-refractivity contribution is -0.144. The van der Waals surface area contributed by atoms with E-state index in [1.807, 2.05) is 38.1 Å². The van der Waals surface area contributed by atoms with E-state index >= 15 is 0 Å². The maximum absolute atomic E-state index is 12.3. The maximum Gasteiger partial charge on any atom is 0.407 e. The van der Waals surface area contributed by atoms with E-state index in [9.17, 15) is 14.4 Å². The summed E-state index contributed by atoms with van der Waals surface area (Å²) in [5.74, 6) is -0.893. The molecule has 0 saturated carbocycles. The summed E-state index contributed by atoms with van der Waals surface area (Å²) in [5, 5.41) is 11.8. The molecule has 0 bridgehead atoms. The number of nitrogens with one attached hydrogen (secondary N) is 1. The average Bonchev–Trinajstić information content (AvgIpc) is 3.12. The van der Waals surface area contributed by atoms with Crippen molar-refractivity contribution >= 4 is 18.0 Å². The van der Waals surface area contributed by atoms with Crippen molar-refractivity contribution in [3.63, 3.8) is 0 Å². The van der Waals surface area contributed by atoms with Crippen LogP contribution in [0.3, 0.4) is 0 Å². The van der Waals surface area contributed by atoms with Gasteiger partial charge in [0.05, 0.1) is 0 Å². The molecule has 0 aliphatic heterocycles. The molecule has 0 saturated heterocycles. The average molecular weight is 467 g/mol. The van der Waals surface area contributed by atoms with Gasteiger partial charge in [-0.15, -0.1) is 0 Å². The van der Waals surface area contributed by atoms with Crippen molar-refractivity contribution in [2.24, 2.45) is 5.92 Å². The fourth-order valence-electron chi connectivity index (χ4n) is 4.43. The summed E-state index contributed by atoms with van der Waals surface area (Å²) in [6.07, 6.45) is 2.01. The third-order valence-corrected chi connectivity index (χ3v) is 5.94. The second kappa shape index (κ2) is 12.2. The molecule has 7 heteroatoms. The molecule has 34 heavy (non-hydrogen) atoms. The number of carboxylic acid groups (broad SMARTS) is 1. The van der Waals surface area contributed by atoms with E-state index in [0.717, 1.165) is 12.8 Å². The SMILES string of the molecule is CC(C)CN(CC(=O)O)C(=O)CCCCCNC(=O)OCC1c2ccccc2-c2ccccc21. The lowest BCUT2D eigenvalue weighted by atomic mass is 9.98. The topological polar surface area (TPSA) is 95.9 Å². The van der Waals surface area contributed by atoms with E-state index < -0.39 is 12.1 Å². The van der Waals surface area contributed by atoms with Crippen LogP contribution < -0.4 is 5.32 Å². The predicted molar refractivity (Wildman–Crippen MR) is 131 cm³/mol. The Hall–Kier alpha value is -3.35. The van der Waals surface area contributed by atoms with Crippen molar-refractivity contribution in [2.45, 2.75) is 45.4 Å². The summed E-state index contributed by atoms with van der Waals surface area (Å²) < 4.78 is 5.52. The van der Waals surface area contributed by atoms with E-state index in [0.29, 0.717) is 25.9 Å². The quantitative estimate of drug-likeness (QED) is 0.444. The highest BCUT2D eigenvalue weighted by atomic mass is 16.5. The summed E-state index contributed by atoms with van der Waals surface area (Å²) in [7, 11) is 0. The number of unbranched alkanes of at least 4 members (excludes halogenated alkanes) is 2. The van der Waals surface area contributed by atoms with E-state index in [-0.39, 0.29) is 30.9 Å². The Morgan fingerprint density at radius 1 is 0.971 bits per heavy atom. The van der Waals surface area contributed by atoms with Crippen LogP contribution in [0.15, 0.2) is 48.5 Å². The molecule has 7 nitrogen and oxygen atoms in total. The zero-order chi connectivity index (χ0) is 24.5. The molecule has 0 unspecified atom stereocenters. The number of nitrogens with zero attached hydrogens (tertiary/aromatic N) is 1. The van der Waals surface area contributed by atoms with Crippen LogP contribution in [0.25, 0.3) is 11.1 Å². The number of carboxylic acids is 1. The third-order valence-electron chi connectivity index (χ3n) is 5.94. The molecule has 2 amide bonds. The Kier molecular flexibility index (Phi) is 9.08. The molecule has 0 fully saturated rings. The second-order valence-electron chi connectivity index (χ2n) is 9.12. The molecule has 2 N–H and O–H groups in total. The van der Waals surface area contributed by atoms with Gasteiger partial charge in [0.25, 0.3) is 0 Å². The van der Waals surface area contributed by atoms with E-state index in [1.54, 1.807) is 0 Å². The molecular weight excluding hydrogens is 432 g/mol. The first-order chi connectivity index (χ1) is 16.4. The van der Waals surface area contributed by atoms with Gasteiger partial charge < -0.3 is 20.1 Å². The van der Waals surface area contributed by atoms with Crippen LogP contribution in [-0.4, -0.2) is 54.2 Å². The molecule has 3 rings (SSSR count). The van der Waals surface area contributed by atoms with Crippen LogP contribution in [0.1, 0.15) is 56.6 Å². The van der Waals surface area contributed by atoms with Gasteiger partial charge in [0.2, 0.25) is 5.91 Å². The first-order valence-electron chi connectivity index (χ1n) is 11.9. The predicted octanol–water partition coefficient (Wildman–Crippen LogP) is 4.65. The van der Waals surface area contributed by atoms with E-state index in [1.165, 1.54) is 27.2 Å². The van der Waals surface area contributed by atoms with Gasteiger partial charge in [-0.05, 0) is 41.0 Å². The minimum absolute atomic E-state index is 0.0312. The zero-order valence-corrected chi connectivity index (χ0v) is 20.0. The van der Waals surface area contributed by atoms with E-state index in [4.69, 9.17) is 9.84 Å². The van der Waals surface area contributed by atoms with Crippen molar-refractivity contribution in [3.8, 4) is 11.1 Å². The molecule has 182 valence electrons. The summed E-state index contributed by atoms with van der Waals surface area (Å²) in [6.45, 7) is 4.84. The third kappa shape index (κ3) is 6.83. The van der Waals surface area contributed by atoms with Gasteiger partial charge >= 0.3 is 12.1 Å². The molecular formula is C27H34N2O5. The van der Waals surface area contributed by atoms with Gasteiger partial charge in [-0.1, -0.05) is 68.8 Å². The van der Waals surface area contributed by atoms with Crippen LogP contribution in [0.5, 0.6) is 0 Å². The van der Waals surface area contributed by atoms with Crippen molar-refractivity contribution in [1.82, 2.24) is 10.2 Å². The number of carbonyl (C=O) groups is 3. The summed E-state index contributed by atoms with van der Waals surface area (Å²) >= 11 is 0. The van der Waals surface area contributed by atoms with Crippen molar-refractivity contribution in [2.75, 3.05) is 26.2 Å². The maximum atomic E-state index is 12.3. The summed E-state index contributed by atoms with van der Waals surface area (Å²) in [5.41, 5.74) is 4.74. The highest BCUT2D eigenvalue weighted by Crippen LogP contribution is 2.44. The van der Waals surface area contributed by atoms with Crippen LogP contribution in [0.4, 0.5) is 4.79 Å². The fraction of sp³-hybridized carbons (Fsp3) is 0.444. The number of ether oxygens (including phenoxy) is 1. The molecule has 2 aromatic rings. The minimum Gasteiger partial charge on any atom is -0.480 e. The Morgan fingerprint density at radius 3 is 2.18 bits per heavy atom. The second-order valence-corrected chi connectivity index (χ2v) is 9.12. The first-order valence-corrected chi connectivity index (χ1v) is 11.9. The van der Waals surface area contributed by atoms with E-state index in [2.05, 4.69) is 29.6 Å². The number of alkyl carbamates (subject to hydrolysis) is 1. The van der Waals surface area contributed by atoms with Gasteiger partial charge in [0, 0.05) is 25.4 Å². The molecule has 0 spiro atoms. The summed E-state index contributed by atoms with van der Waals surface area (Å²) in [6, 6.07) is 16.4.